The average Bonchev–Trinajstić information content (AvgIpc) is 2.92. The summed E-state index contributed by atoms with van der Waals surface area (Å²) in [6.07, 6.45) is 0. The second-order valence-corrected chi connectivity index (χ2v) is 5.17. The van der Waals surface area contributed by atoms with Crippen LogP contribution in [-0.2, 0) is 4.74 Å². The average molecular weight is 304 g/mol. The van der Waals surface area contributed by atoms with Gasteiger partial charge in [-0.25, -0.2) is 4.98 Å². The molecule has 0 radical (unpaired) electrons. The zero-order valence-electron chi connectivity index (χ0n) is 12.3. The minimum Gasteiger partial charge on any atom is -0.377 e. The fraction of sp³-hybridized carbons (Fsp3) is 0.429. The third-order valence-electron chi connectivity index (χ3n) is 3.46. The molecule has 3 rings (SSSR count). The summed E-state index contributed by atoms with van der Waals surface area (Å²) in [7, 11) is 0. The summed E-state index contributed by atoms with van der Waals surface area (Å²) in [5.41, 5.74) is 0.498. The fourth-order valence-electron chi connectivity index (χ4n) is 2.48. The van der Waals surface area contributed by atoms with E-state index in [1.54, 1.807) is 24.8 Å². The summed E-state index contributed by atoms with van der Waals surface area (Å²) < 4.78 is 10.4. The van der Waals surface area contributed by atoms with Crippen molar-refractivity contribution >= 4 is 5.91 Å². The molecular formula is C14H16N4O4. The number of H-pyrrole nitrogens is 1. The van der Waals surface area contributed by atoms with E-state index in [4.69, 9.17) is 9.26 Å². The van der Waals surface area contributed by atoms with Crippen LogP contribution < -0.4 is 5.56 Å². The Hall–Kier alpha value is -2.48. The van der Waals surface area contributed by atoms with E-state index < -0.39 is 6.04 Å². The van der Waals surface area contributed by atoms with E-state index in [9.17, 15) is 9.59 Å². The predicted octanol–water partition coefficient (Wildman–Crippen LogP) is 0.588. The van der Waals surface area contributed by atoms with Gasteiger partial charge in [0.1, 0.15) is 11.6 Å². The smallest absolute Gasteiger partial charge is 0.276 e. The van der Waals surface area contributed by atoms with Gasteiger partial charge in [0.15, 0.2) is 5.69 Å². The van der Waals surface area contributed by atoms with Gasteiger partial charge in [-0.3, -0.25) is 9.59 Å². The lowest BCUT2D eigenvalue weighted by atomic mass is 10.1. The summed E-state index contributed by atoms with van der Waals surface area (Å²) in [6.45, 7) is 4.55. The highest BCUT2D eigenvalue weighted by atomic mass is 16.5. The van der Waals surface area contributed by atoms with Crippen molar-refractivity contribution in [2.45, 2.75) is 19.9 Å². The molecule has 22 heavy (non-hydrogen) atoms. The number of nitrogens with one attached hydrogen (secondary N) is 1. The van der Waals surface area contributed by atoms with Crippen molar-refractivity contribution in [3.05, 3.63) is 45.5 Å². The Labute approximate surface area is 126 Å². The Balaban J connectivity index is 1.94. The van der Waals surface area contributed by atoms with E-state index in [0.29, 0.717) is 37.0 Å². The van der Waals surface area contributed by atoms with Gasteiger partial charge in [-0.05, 0) is 13.8 Å². The van der Waals surface area contributed by atoms with Gasteiger partial charge in [0, 0.05) is 18.7 Å². The summed E-state index contributed by atoms with van der Waals surface area (Å²) in [4.78, 5) is 32.8. The Kier molecular flexibility index (Phi) is 3.76. The van der Waals surface area contributed by atoms with E-state index >= 15 is 0 Å². The number of aryl methyl sites for hydroxylation is 2. The van der Waals surface area contributed by atoms with Crippen LogP contribution in [0.2, 0.25) is 0 Å². The molecule has 1 aliphatic rings. The van der Waals surface area contributed by atoms with E-state index in [2.05, 4.69) is 15.1 Å². The van der Waals surface area contributed by atoms with Crippen LogP contribution in [0.3, 0.4) is 0 Å². The lowest BCUT2D eigenvalue weighted by Gasteiger charge is -2.34. The lowest BCUT2D eigenvalue weighted by Crippen LogP contribution is -2.44. The summed E-state index contributed by atoms with van der Waals surface area (Å²) in [5, 5.41) is 3.76. The van der Waals surface area contributed by atoms with Gasteiger partial charge in [-0.2, -0.15) is 0 Å². The van der Waals surface area contributed by atoms with E-state index in [1.807, 2.05) is 0 Å². The number of nitrogens with zero attached hydrogens (tertiary/aromatic N) is 3. The van der Waals surface area contributed by atoms with Gasteiger partial charge >= 0.3 is 0 Å². The first-order chi connectivity index (χ1) is 10.5. The van der Waals surface area contributed by atoms with Crippen molar-refractivity contribution in [2.24, 2.45) is 0 Å². The maximum Gasteiger partial charge on any atom is 0.276 e. The molecule has 8 nitrogen and oxygen atoms in total. The van der Waals surface area contributed by atoms with Crippen LogP contribution in [0.5, 0.6) is 0 Å². The number of ether oxygens (including phenoxy) is 1. The quantitative estimate of drug-likeness (QED) is 0.871. The zero-order chi connectivity index (χ0) is 15.7. The largest absolute Gasteiger partial charge is 0.377 e. The van der Waals surface area contributed by atoms with Crippen LogP contribution in [0.15, 0.2) is 21.5 Å². The molecule has 1 fully saturated rings. The molecule has 1 N–H and O–H groups in total. The Morgan fingerprint density at radius 1 is 1.41 bits per heavy atom. The van der Waals surface area contributed by atoms with Gasteiger partial charge in [0.05, 0.1) is 24.9 Å². The van der Waals surface area contributed by atoms with Gasteiger partial charge < -0.3 is 19.1 Å². The SMILES string of the molecule is Cc1nc([C@H]2COCCN2C(=O)c2cc(C)on2)cc(=O)[nH]1. The molecule has 0 aliphatic carbocycles. The van der Waals surface area contributed by atoms with Gasteiger partial charge in [-0.15, -0.1) is 0 Å². The van der Waals surface area contributed by atoms with Crippen LogP contribution >= 0.6 is 0 Å². The first kappa shape index (κ1) is 14.5. The van der Waals surface area contributed by atoms with Gasteiger partial charge in [0.25, 0.3) is 11.5 Å². The van der Waals surface area contributed by atoms with Crippen molar-refractivity contribution in [3.63, 3.8) is 0 Å². The molecule has 116 valence electrons. The minimum atomic E-state index is -0.417. The molecule has 0 spiro atoms. The number of hydrogen-bond donors (Lipinski definition) is 1. The van der Waals surface area contributed by atoms with Crippen LogP contribution in [0.25, 0.3) is 0 Å². The lowest BCUT2D eigenvalue weighted by molar-refractivity contribution is -0.00451. The van der Waals surface area contributed by atoms with Crippen molar-refractivity contribution in [2.75, 3.05) is 19.8 Å². The van der Waals surface area contributed by atoms with Crippen molar-refractivity contribution in [1.29, 1.82) is 0 Å². The number of carbonyl (C=O) groups is 1. The van der Waals surface area contributed by atoms with Gasteiger partial charge in [-0.1, -0.05) is 5.16 Å². The number of aromatic amines is 1. The second-order valence-electron chi connectivity index (χ2n) is 5.17. The maximum absolute atomic E-state index is 12.6. The van der Waals surface area contributed by atoms with Crippen molar-refractivity contribution in [1.82, 2.24) is 20.0 Å². The number of morpholine rings is 1. The topological polar surface area (TPSA) is 101 Å². The number of hydrogen-bond acceptors (Lipinski definition) is 6. The number of carbonyl (C=O) groups excluding carboxylic acids is 1. The highest BCUT2D eigenvalue weighted by Crippen LogP contribution is 2.24. The molecule has 0 aromatic carbocycles. The van der Waals surface area contributed by atoms with Crippen molar-refractivity contribution < 1.29 is 14.1 Å². The summed E-state index contributed by atoms with van der Waals surface area (Å²) >= 11 is 0. The number of rotatable bonds is 2. The van der Waals surface area contributed by atoms with E-state index in [0.717, 1.165) is 0 Å². The van der Waals surface area contributed by atoms with Crippen LogP contribution in [0, 0.1) is 13.8 Å². The Morgan fingerprint density at radius 2 is 2.23 bits per heavy atom. The maximum atomic E-state index is 12.6. The number of amides is 1. The predicted molar refractivity (Wildman–Crippen MR) is 75.4 cm³/mol. The van der Waals surface area contributed by atoms with Gasteiger partial charge in [0.2, 0.25) is 0 Å². The highest BCUT2D eigenvalue weighted by Gasteiger charge is 2.32. The molecule has 1 aliphatic heterocycles. The summed E-state index contributed by atoms with van der Waals surface area (Å²) in [5.74, 6) is 0.806. The first-order valence-electron chi connectivity index (χ1n) is 6.94. The molecule has 0 bridgehead atoms. The molecule has 1 atom stereocenters. The Bertz CT molecular complexity index is 751. The molecule has 2 aromatic rings. The van der Waals surface area contributed by atoms with Crippen LogP contribution in [-0.4, -0.2) is 45.7 Å². The molecule has 0 unspecified atom stereocenters. The summed E-state index contributed by atoms with van der Waals surface area (Å²) in [6, 6.07) is 2.56. The first-order valence-corrected chi connectivity index (χ1v) is 6.94. The molecular weight excluding hydrogens is 288 g/mol. The molecule has 1 saturated heterocycles. The normalized spacial score (nSPS) is 18.5. The molecule has 1 amide bonds. The molecule has 0 saturated carbocycles. The molecule has 3 heterocycles. The van der Waals surface area contributed by atoms with Crippen LogP contribution in [0.4, 0.5) is 0 Å². The molecule has 8 heteroatoms. The van der Waals surface area contributed by atoms with Crippen LogP contribution in [0.1, 0.15) is 33.8 Å². The molecule has 2 aromatic heterocycles. The number of aromatic nitrogens is 3. The third-order valence-corrected chi connectivity index (χ3v) is 3.46. The Morgan fingerprint density at radius 3 is 2.91 bits per heavy atom. The second kappa shape index (κ2) is 5.72. The van der Waals surface area contributed by atoms with Crippen molar-refractivity contribution in [3.8, 4) is 0 Å². The van der Waals surface area contributed by atoms with E-state index in [1.165, 1.54) is 6.07 Å². The fourth-order valence-corrected chi connectivity index (χ4v) is 2.48. The standard InChI is InChI=1S/C14H16N4O4/c1-8-5-11(17-22-8)14(20)18-3-4-21-7-12(18)10-6-13(19)16-9(2)15-10/h5-6,12H,3-4,7H2,1-2H3,(H,15,16,19)/t12-/m1/s1. The third kappa shape index (κ3) is 2.77. The highest BCUT2D eigenvalue weighted by molar-refractivity contribution is 5.92. The monoisotopic (exact) mass is 304 g/mol. The van der Waals surface area contributed by atoms with E-state index in [-0.39, 0.29) is 17.2 Å². The zero-order valence-corrected chi connectivity index (χ0v) is 12.3. The minimum absolute atomic E-state index is 0.242.